The second-order valence-electron chi connectivity index (χ2n) is 3.64. The average molecular weight is 268 g/mol. The predicted molar refractivity (Wildman–Crippen MR) is 67.2 cm³/mol. The monoisotopic (exact) mass is 267 g/mol. The van der Waals surface area contributed by atoms with Crippen molar-refractivity contribution in [1.82, 2.24) is 4.98 Å². The molecule has 0 atom stereocenters. The fraction of sp³-hybridized carbons (Fsp3) is 0.154. The van der Waals surface area contributed by atoms with Crippen molar-refractivity contribution in [3.05, 3.63) is 47.0 Å². The molecule has 0 radical (unpaired) electrons. The van der Waals surface area contributed by atoms with E-state index in [1.54, 1.807) is 25.3 Å². The van der Waals surface area contributed by atoms with E-state index in [1.807, 2.05) is 0 Å². The van der Waals surface area contributed by atoms with Gasteiger partial charge in [0, 0.05) is 16.8 Å². The van der Waals surface area contributed by atoms with Crippen LogP contribution in [0.2, 0.25) is 5.02 Å². The summed E-state index contributed by atoms with van der Waals surface area (Å²) in [5.74, 6) is -0.925. The highest BCUT2D eigenvalue weighted by atomic mass is 35.5. The number of ether oxygens (including phenoxy) is 1. The molecule has 2 rings (SSSR count). The number of H-pyrrole nitrogens is 1. The van der Waals surface area contributed by atoms with Crippen molar-refractivity contribution in [2.75, 3.05) is 6.61 Å². The van der Waals surface area contributed by atoms with Gasteiger partial charge in [-0.25, -0.2) is 9.18 Å². The molecule has 0 bridgehead atoms. The van der Waals surface area contributed by atoms with Crippen LogP contribution in [0.5, 0.6) is 0 Å². The molecule has 18 heavy (non-hydrogen) atoms. The zero-order chi connectivity index (χ0) is 13.1. The third-order valence-electron chi connectivity index (χ3n) is 2.40. The number of esters is 1. The second-order valence-corrected chi connectivity index (χ2v) is 4.08. The Bertz CT molecular complexity index is 560. The van der Waals surface area contributed by atoms with Crippen LogP contribution in [0.4, 0.5) is 4.39 Å². The van der Waals surface area contributed by atoms with Gasteiger partial charge in [0.25, 0.3) is 0 Å². The summed E-state index contributed by atoms with van der Waals surface area (Å²) in [6, 6.07) is 5.80. The van der Waals surface area contributed by atoms with Crippen LogP contribution in [0.1, 0.15) is 17.4 Å². The van der Waals surface area contributed by atoms with Crippen molar-refractivity contribution in [2.24, 2.45) is 0 Å². The molecule has 0 aliphatic carbocycles. The van der Waals surface area contributed by atoms with Crippen LogP contribution in [0.25, 0.3) is 11.1 Å². The summed E-state index contributed by atoms with van der Waals surface area (Å²) in [7, 11) is 0. The van der Waals surface area contributed by atoms with Crippen LogP contribution in [-0.2, 0) is 4.74 Å². The van der Waals surface area contributed by atoms with Gasteiger partial charge in [-0.15, -0.1) is 0 Å². The van der Waals surface area contributed by atoms with E-state index in [1.165, 1.54) is 12.1 Å². The number of nitrogens with one attached hydrogen (secondary N) is 1. The Kier molecular flexibility index (Phi) is 3.67. The van der Waals surface area contributed by atoms with Crippen molar-refractivity contribution in [1.29, 1.82) is 0 Å². The van der Waals surface area contributed by atoms with Crippen molar-refractivity contribution < 1.29 is 13.9 Å². The number of hydrogen-bond donors (Lipinski definition) is 1. The molecule has 0 saturated carbocycles. The maximum Gasteiger partial charge on any atom is 0.355 e. The zero-order valence-corrected chi connectivity index (χ0v) is 10.4. The molecule has 0 spiro atoms. The van der Waals surface area contributed by atoms with Gasteiger partial charge in [0.15, 0.2) is 0 Å². The van der Waals surface area contributed by atoms with Gasteiger partial charge >= 0.3 is 5.97 Å². The summed E-state index contributed by atoms with van der Waals surface area (Å²) in [4.78, 5) is 14.5. The minimum Gasteiger partial charge on any atom is -0.461 e. The van der Waals surface area contributed by atoms with Crippen LogP contribution in [0, 0.1) is 5.82 Å². The summed E-state index contributed by atoms with van der Waals surface area (Å²) < 4.78 is 18.2. The molecule has 0 amide bonds. The maximum absolute atomic E-state index is 13.3. The smallest absolute Gasteiger partial charge is 0.355 e. The molecule has 94 valence electrons. The molecular formula is C13H11ClFNO2. The first kappa shape index (κ1) is 12.6. The summed E-state index contributed by atoms with van der Waals surface area (Å²) in [5, 5.41) is 0.279. The van der Waals surface area contributed by atoms with E-state index in [0.717, 1.165) is 0 Å². The minimum atomic E-state index is -0.474. The topological polar surface area (TPSA) is 42.1 Å². The van der Waals surface area contributed by atoms with Crippen LogP contribution in [0.3, 0.4) is 0 Å². The van der Waals surface area contributed by atoms with Gasteiger partial charge in [0.2, 0.25) is 0 Å². The van der Waals surface area contributed by atoms with E-state index in [0.29, 0.717) is 16.8 Å². The largest absolute Gasteiger partial charge is 0.461 e. The number of carbonyl (C=O) groups is 1. The lowest BCUT2D eigenvalue weighted by Gasteiger charge is -2.05. The first-order chi connectivity index (χ1) is 8.61. The fourth-order valence-electron chi connectivity index (χ4n) is 1.69. The Balaban J connectivity index is 2.45. The molecule has 3 nitrogen and oxygen atoms in total. The standard InChI is InChI=1S/C13H11ClFNO2/c1-2-18-13(17)12-11(3-4-16-12)8-5-9(14)7-10(15)6-8/h3-7,16H,2H2,1H3. The fourth-order valence-corrected chi connectivity index (χ4v) is 1.91. The average Bonchev–Trinajstić information content (AvgIpc) is 2.76. The Labute approximate surface area is 109 Å². The van der Waals surface area contributed by atoms with E-state index in [-0.39, 0.29) is 11.6 Å². The Morgan fingerprint density at radius 3 is 2.89 bits per heavy atom. The highest BCUT2D eigenvalue weighted by Gasteiger charge is 2.15. The van der Waals surface area contributed by atoms with Gasteiger partial charge in [-0.3, -0.25) is 0 Å². The highest BCUT2D eigenvalue weighted by Crippen LogP contribution is 2.27. The molecular weight excluding hydrogens is 257 g/mol. The molecule has 0 aliphatic heterocycles. The van der Waals surface area contributed by atoms with E-state index in [9.17, 15) is 9.18 Å². The molecule has 0 aliphatic rings. The third kappa shape index (κ3) is 2.54. The molecule has 2 aromatic rings. The molecule has 0 fully saturated rings. The van der Waals surface area contributed by atoms with Crippen molar-refractivity contribution in [3.8, 4) is 11.1 Å². The third-order valence-corrected chi connectivity index (χ3v) is 2.62. The maximum atomic E-state index is 13.3. The van der Waals surface area contributed by atoms with Gasteiger partial charge in [-0.2, -0.15) is 0 Å². The van der Waals surface area contributed by atoms with E-state index in [4.69, 9.17) is 16.3 Å². The van der Waals surface area contributed by atoms with Crippen molar-refractivity contribution in [2.45, 2.75) is 6.92 Å². The first-order valence-corrected chi connectivity index (χ1v) is 5.80. The van der Waals surface area contributed by atoms with Crippen LogP contribution in [-0.4, -0.2) is 17.6 Å². The van der Waals surface area contributed by atoms with Gasteiger partial charge in [-0.05, 0) is 36.8 Å². The lowest BCUT2D eigenvalue weighted by atomic mass is 10.1. The lowest BCUT2D eigenvalue weighted by Crippen LogP contribution is -2.06. The normalized spacial score (nSPS) is 10.4. The van der Waals surface area contributed by atoms with Gasteiger partial charge in [0.05, 0.1) is 6.61 Å². The SMILES string of the molecule is CCOC(=O)c1[nH]ccc1-c1cc(F)cc(Cl)c1. The quantitative estimate of drug-likeness (QED) is 0.863. The van der Waals surface area contributed by atoms with Crippen LogP contribution in [0.15, 0.2) is 30.5 Å². The summed E-state index contributed by atoms with van der Waals surface area (Å²) >= 11 is 5.79. The number of aromatic nitrogens is 1. The van der Waals surface area contributed by atoms with E-state index < -0.39 is 11.8 Å². The summed E-state index contributed by atoms with van der Waals surface area (Å²) in [5.41, 5.74) is 1.39. The Morgan fingerprint density at radius 1 is 1.44 bits per heavy atom. The zero-order valence-electron chi connectivity index (χ0n) is 9.67. The highest BCUT2D eigenvalue weighted by molar-refractivity contribution is 6.30. The lowest BCUT2D eigenvalue weighted by molar-refractivity contribution is 0.0521. The molecule has 1 aromatic carbocycles. The second kappa shape index (κ2) is 5.23. The molecule has 5 heteroatoms. The number of aromatic amines is 1. The number of benzene rings is 1. The van der Waals surface area contributed by atoms with Crippen LogP contribution >= 0.6 is 11.6 Å². The van der Waals surface area contributed by atoms with Crippen molar-refractivity contribution >= 4 is 17.6 Å². The van der Waals surface area contributed by atoms with Crippen LogP contribution < -0.4 is 0 Å². The van der Waals surface area contributed by atoms with Gasteiger partial charge in [0.1, 0.15) is 11.5 Å². The predicted octanol–water partition coefficient (Wildman–Crippen LogP) is 3.65. The molecule has 1 aromatic heterocycles. The van der Waals surface area contributed by atoms with E-state index >= 15 is 0 Å². The Morgan fingerprint density at radius 2 is 2.22 bits per heavy atom. The first-order valence-electron chi connectivity index (χ1n) is 5.42. The number of rotatable bonds is 3. The molecule has 1 N–H and O–H groups in total. The molecule has 0 unspecified atom stereocenters. The van der Waals surface area contributed by atoms with E-state index in [2.05, 4.69) is 4.98 Å². The summed E-state index contributed by atoms with van der Waals surface area (Å²) in [6.07, 6.45) is 1.60. The van der Waals surface area contributed by atoms with Gasteiger partial charge in [-0.1, -0.05) is 11.6 Å². The number of hydrogen-bond acceptors (Lipinski definition) is 2. The van der Waals surface area contributed by atoms with Gasteiger partial charge < -0.3 is 9.72 Å². The number of halogens is 2. The summed E-state index contributed by atoms with van der Waals surface area (Å²) in [6.45, 7) is 2.00. The molecule has 0 saturated heterocycles. The number of carbonyl (C=O) groups excluding carboxylic acids is 1. The minimum absolute atomic E-state index is 0.279. The molecule has 1 heterocycles. The Hall–Kier alpha value is -1.81. The van der Waals surface area contributed by atoms with Crippen molar-refractivity contribution in [3.63, 3.8) is 0 Å².